The number of nitrogens with zero attached hydrogens (tertiary/aromatic N) is 3. The molecule has 8 nitrogen and oxygen atoms in total. The fourth-order valence-electron chi connectivity index (χ4n) is 3.89. The van der Waals surface area contributed by atoms with E-state index in [1.807, 2.05) is 19.0 Å². The van der Waals surface area contributed by atoms with E-state index in [2.05, 4.69) is 0 Å². The van der Waals surface area contributed by atoms with E-state index in [0.29, 0.717) is 16.8 Å². The maximum atomic E-state index is 13.2. The molecule has 1 fully saturated rings. The van der Waals surface area contributed by atoms with E-state index in [0.717, 1.165) is 5.69 Å². The summed E-state index contributed by atoms with van der Waals surface area (Å²) in [5, 5.41) is 22.4. The Morgan fingerprint density at radius 1 is 0.970 bits per heavy atom. The molecule has 0 radical (unpaired) electrons. The average molecular weight is 443 g/mol. The minimum absolute atomic E-state index is 0.122. The Balaban J connectivity index is 1.94. The molecule has 3 aromatic carbocycles. The largest absolute Gasteiger partial charge is 0.507 e. The van der Waals surface area contributed by atoms with E-state index in [9.17, 15) is 24.8 Å². The smallest absolute Gasteiger partial charge is 0.300 e. The highest BCUT2D eigenvalue weighted by molar-refractivity contribution is 6.51. The Hall–Kier alpha value is -4.46. The first kappa shape index (κ1) is 21.8. The highest BCUT2D eigenvalue weighted by Crippen LogP contribution is 2.43. The maximum absolute atomic E-state index is 13.2. The normalized spacial score (nSPS) is 17.3. The van der Waals surface area contributed by atoms with Gasteiger partial charge < -0.3 is 10.0 Å². The molecule has 0 saturated carbocycles. The first-order valence-corrected chi connectivity index (χ1v) is 10.2. The van der Waals surface area contributed by atoms with Crippen LogP contribution in [0, 0.1) is 10.1 Å². The quantitative estimate of drug-likeness (QED) is 0.207. The summed E-state index contributed by atoms with van der Waals surface area (Å²) in [4.78, 5) is 40.3. The molecule has 1 heterocycles. The Morgan fingerprint density at radius 3 is 2.24 bits per heavy atom. The van der Waals surface area contributed by atoms with Crippen molar-refractivity contribution >= 4 is 34.5 Å². The molecule has 0 spiro atoms. The van der Waals surface area contributed by atoms with Gasteiger partial charge in [-0.1, -0.05) is 42.5 Å². The number of aliphatic hydroxyl groups excluding tert-OH is 1. The summed E-state index contributed by atoms with van der Waals surface area (Å²) in [6.45, 7) is 0. The molecule has 1 saturated heterocycles. The van der Waals surface area contributed by atoms with Gasteiger partial charge in [-0.05, 0) is 29.8 Å². The van der Waals surface area contributed by atoms with Gasteiger partial charge in [-0.2, -0.15) is 0 Å². The van der Waals surface area contributed by atoms with Crippen molar-refractivity contribution in [1.29, 1.82) is 0 Å². The van der Waals surface area contributed by atoms with E-state index in [1.54, 1.807) is 60.7 Å². The molecule has 166 valence electrons. The van der Waals surface area contributed by atoms with Crippen molar-refractivity contribution in [3.8, 4) is 0 Å². The van der Waals surface area contributed by atoms with Crippen molar-refractivity contribution in [3.63, 3.8) is 0 Å². The van der Waals surface area contributed by atoms with E-state index in [-0.39, 0.29) is 17.0 Å². The van der Waals surface area contributed by atoms with Gasteiger partial charge in [0.1, 0.15) is 5.76 Å². The lowest BCUT2D eigenvalue weighted by Gasteiger charge is -2.26. The van der Waals surface area contributed by atoms with Crippen LogP contribution < -0.4 is 9.80 Å². The molecule has 1 aliphatic heterocycles. The molecule has 1 atom stereocenters. The lowest BCUT2D eigenvalue weighted by atomic mass is 9.95. The Morgan fingerprint density at radius 2 is 1.64 bits per heavy atom. The molecule has 1 aliphatic rings. The van der Waals surface area contributed by atoms with E-state index >= 15 is 0 Å². The van der Waals surface area contributed by atoms with Crippen molar-refractivity contribution < 1.29 is 19.6 Å². The van der Waals surface area contributed by atoms with Crippen molar-refractivity contribution in [1.82, 2.24) is 0 Å². The first-order chi connectivity index (χ1) is 15.8. The number of hydrogen-bond donors (Lipinski definition) is 1. The van der Waals surface area contributed by atoms with Gasteiger partial charge in [-0.25, -0.2) is 0 Å². The molecular weight excluding hydrogens is 422 g/mol. The van der Waals surface area contributed by atoms with E-state index in [4.69, 9.17) is 0 Å². The number of aliphatic hydroxyl groups is 1. The number of non-ortho nitro benzene ring substituents is 1. The fraction of sp³-hybridized carbons (Fsp3) is 0.120. The van der Waals surface area contributed by atoms with Crippen LogP contribution in [0.25, 0.3) is 5.76 Å². The molecule has 1 N–H and O–H groups in total. The summed E-state index contributed by atoms with van der Waals surface area (Å²) in [7, 11) is 3.76. The molecule has 1 amide bonds. The maximum Gasteiger partial charge on any atom is 0.300 e. The number of hydrogen-bond acceptors (Lipinski definition) is 6. The zero-order valence-corrected chi connectivity index (χ0v) is 18.0. The number of benzene rings is 3. The van der Waals surface area contributed by atoms with Gasteiger partial charge in [0.05, 0.1) is 16.5 Å². The number of carbonyl (C=O) groups excluding carboxylic acids is 2. The van der Waals surface area contributed by atoms with Crippen LogP contribution in [0.5, 0.6) is 0 Å². The predicted octanol–water partition coefficient (Wildman–Crippen LogP) is 4.29. The van der Waals surface area contributed by atoms with Crippen LogP contribution in [-0.2, 0) is 9.59 Å². The molecule has 8 heteroatoms. The summed E-state index contributed by atoms with van der Waals surface area (Å²) >= 11 is 0. The zero-order valence-electron chi connectivity index (χ0n) is 18.0. The third-order valence-electron chi connectivity index (χ3n) is 5.53. The number of Topliss-reactive ketones (excluding diaryl/α,β-unsaturated/α-hetero) is 1. The molecule has 0 bridgehead atoms. The summed E-state index contributed by atoms with van der Waals surface area (Å²) in [6, 6.07) is 20.1. The van der Waals surface area contributed by atoms with Gasteiger partial charge >= 0.3 is 0 Å². The summed E-state index contributed by atoms with van der Waals surface area (Å²) < 4.78 is 0. The highest BCUT2D eigenvalue weighted by atomic mass is 16.6. The van der Waals surface area contributed by atoms with Crippen molar-refractivity contribution in [2.75, 3.05) is 23.9 Å². The van der Waals surface area contributed by atoms with Crippen LogP contribution in [-0.4, -0.2) is 35.8 Å². The molecule has 33 heavy (non-hydrogen) atoms. The fourth-order valence-corrected chi connectivity index (χ4v) is 3.89. The van der Waals surface area contributed by atoms with E-state index in [1.165, 1.54) is 23.1 Å². The van der Waals surface area contributed by atoms with Gasteiger partial charge in [-0.15, -0.1) is 0 Å². The monoisotopic (exact) mass is 443 g/mol. The second-order valence-electron chi connectivity index (χ2n) is 7.80. The Bertz CT molecular complexity index is 1270. The summed E-state index contributed by atoms with van der Waals surface area (Å²) in [5.41, 5.74) is 1.74. The van der Waals surface area contributed by atoms with Crippen LogP contribution in [0.4, 0.5) is 17.1 Å². The standard InChI is InChI=1S/C25H21N3O5/c1-26(2)18-11-13-19(14-12-18)27-22(17-9-6-10-20(15-17)28(32)33)21(24(30)25(27)31)23(29)16-7-4-3-5-8-16/h3-15,22,29H,1-2H3/b23-21+/t22-/m1/s1. The van der Waals surface area contributed by atoms with Crippen LogP contribution in [0.15, 0.2) is 84.4 Å². The Labute approximate surface area is 190 Å². The van der Waals surface area contributed by atoms with Gasteiger partial charge in [0, 0.05) is 43.2 Å². The zero-order chi connectivity index (χ0) is 23.7. The second-order valence-corrected chi connectivity index (χ2v) is 7.80. The summed E-state index contributed by atoms with van der Waals surface area (Å²) in [6.07, 6.45) is 0. The van der Waals surface area contributed by atoms with Gasteiger partial charge in [-0.3, -0.25) is 24.6 Å². The van der Waals surface area contributed by atoms with Gasteiger partial charge in [0.15, 0.2) is 0 Å². The third kappa shape index (κ3) is 3.94. The van der Waals surface area contributed by atoms with Gasteiger partial charge in [0.25, 0.3) is 17.4 Å². The van der Waals surface area contributed by atoms with Crippen LogP contribution in [0.3, 0.4) is 0 Å². The van der Waals surface area contributed by atoms with E-state index < -0.39 is 22.7 Å². The molecular formula is C25H21N3O5. The minimum Gasteiger partial charge on any atom is -0.507 e. The number of anilines is 2. The summed E-state index contributed by atoms with van der Waals surface area (Å²) in [5.74, 6) is -2.01. The molecule has 4 rings (SSSR count). The van der Waals surface area contributed by atoms with Crippen molar-refractivity contribution in [3.05, 3.63) is 106 Å². The molecule has 0 unspecified atom stereocenters. The molecule has 0 aromatic heterocycles. The average Bonchev–Trinajstić information content (AvgIpc) is 3.09. The van der Waals surface area contributed by atoms with Gasteiger partial charge in [0.2, 0.25) is 0 Å². The third-order valence-corrected chi connectivity index (χ3v) is 5.53. The number of rotatable bonds is 5. The minimum atomic E-state index is -1.03. The van der Waals surface area contributed by atoms with Crippen molar-refractivity contribution in [2.24, 2.45) is 0 Å². The number of amides is 1. The lowest BCUT2D eigenvalue weighted by Crippen LogP contribution is -2.29. The second kappa shape index (κ2) is 8.58. The Kier molecular flexibility index (Phi) is 5.66. The topological polar surface area (TPSA) is 104 Å². The lowest BCUT2D eigenvalue weighted by molar-refractivity contribution is -0.384. The number of nitro groups is 1. The van der Waals surface area contributed by atoms with Crippen LogP contribution in [0.2, 0.25) is 0 Å². The number of carbonyl (C=O) groups is 2. The van der Waals surface area contributed by atoms with Crippen LogP contribution >= 0.6 is 0 Å². The number of ketones is 1. The highest BCUT2D eigenvalue weighted by Gasteiger charge is 2.47. The van der Waals surface area contributed by atoms with Crippen molar-refractivity contribution in [2.45, 2.75) is 6.04 Å². The van der Waals surface area contributed by atoms with Crippen LogP contribution in [0.1, 0.15) is 17.2 Å². The molecule has 0 aliphatic carbocycles. The predicted molar refractivity (Wildman–Crippen MR) is 125 cm³/mol. The SMILES string of the molecule is CN(C)c1ccc(N2C(=O)C(=O)/C(=C(/O)c3ccccc3)[C@H]2c2cccc([N+](=O)[O-])c2)cc1. The molecule has 3 aromatic rings. The number of nitro benzene ring substituents is 1. The first-order valence-electron chi connectivity index (χ1n) is 10.2.